The van der Waals surface area contributed by atoms with Crippen LogP contribution in [-0.2, 0) is 21.1 Å². The number of aromatic nitrogens is 3. The van der Waals surface area contributed by atoms with Gasteiger partial charge in [-0.3, -0.25) is 4.79 Å². The van der Waals surface area contributed by atoms with E-state index in [0.29, 0.717) is 32.3 Å². The van der Waals surface area contributed by atoms with E-state index in [4.69, 9.17) is 10.5 Å². The second-order valence-corrected chi connectivity index (χ2v) is 7.49. The molecule has 0 saturated carbocycles. The number of carbonyl (C=O) groups excluding carboxylic acids is 1. The van der Waals surface area contributed by atoms with Crippen molar-refractivity contribution in [1.29, 1.82) is 0 Å². The number of hydrogen-bond donors (Lipinski definition) is 2. The Kier molecular flexibility index (Phi) is 5.79. The van der Waals surface area contributed by atoms with E-state index >= 15 is 0 Å². The molecule has 0 radical (unpaired) electrons. The number of alkyl halides is 3. The van der Waals surface area contributed by atoms with Crippen molar-refractivity contribution in [1.82, 2.24) is 15.0 Å². The van der Waals surface area contributed by atoms with E-state index in [1.165, 1.54) is 0 Å². The van der Waals surface area contributed by atoms with Crippen LogP contribution >= 0.6 is 0 Å². The maximum atomic E-state index is 13.3. The van der Waals surface area contributed by atoms with Gasteiger partial charge in [0.1, 0.15) is 5.82 Å². The molecular formula is C22H20F3N5O2. The highest BCUT2D eigenvalue weighted by Crippen LogP contribution is 2.37. The van der Waals surface area contributed by atoms with Gasteiger partial charge in [0.05, 0.1) is 11.0 Å². The third-order valence-corrected chi connectivity index (χ3v) is 5.56. The fourth-order valence-electron chi connectivity index (χ4n) is 3.71. The summed E-state index contributed by atoms with van der Waals surface area (Å²) in [5.41, 5.74) is 6.19. The van der Waals surface area contributed by atoms with Crippen molar-refractivity contribution in [2.45, 2.75) is 24.4 Å². The van der Waals surface area contributed by atoms with E-state index in [1.807, 2.05) is 24.3 Å². The first-order chi connectivity index (χ1) is 15.3. The van der Waals surface area contributed by atoms with Crippen LogP contribution < -0.4 is 11.1 Å². The molecule has 1 aliphatic rings. The molecule has 32 heavy (non-hydrogen) atoms. The van der Waals surface area contributed by atoms with Crippen LogP contribution in [0, 0.1) is 0 Å². The number of benzene rings is 1. The normalized spacial score (nSPS) is 15.8. The van der Waals surface area contributed by atoms with Crippen molar-refractivity contribution in [3.8, 4) is 11.1 Å². The maximum Gasteiger partial charge on any atom is 0.417 e. The van der Waals surface area contributed by atoms with Gasteiger partial charge in [-0.15, -0.1) is 0 Å². The summed E-state index contributed by atoms with van der Waals surface area (Å²) in [6.45, 7) is 0.781. The Morgan fingerprint density at radius 1 is 0.938 bits per heavy atom. The highest BCUT2D eigenvalue weighted by atomic mass is 19.4. The van der Waals surface area contributed by atoms with Crippen molar-refractivity contribution in [2.24, 2.45) is 0 Å². The van der Waals surface area contributed by atoms with Crippen LogP contribution in [0.4, 0.5) is 24.9 Å². The summed E-state index contributed by atoms with van der Waals surface area (Å²) in [5, 5.41) is 2.68. The second-order valence-electron chi connectivity index (χ2n) is 7.49. The van der Waals surface area contributed by atoms with Gasteiger partial charge in [0, 0.05) is 37.4 Å². The number of anilines is 2. The molecule has 1 aromatic carbocycles. The minimum atomic E-state index is -4.49. The Balaban J connectivity index is 1.59. The van der Waals surface area contributed by atoms with Gasteiger partial charge in [0.2, 0.25) is 11.9 Å². The number of ether oxygens (including phenoxy) is 1. The predicted octanol–water partition coefficient (Wildman–Crippen LogP) is 3.83. The molecule has 1 aliphatic heterocycles. The molecule has 7 nitrogen and oxygen atoms in total. The molecule has 3 heterocycles. The number of hydrogen-bond acceptors (Lipinski definition) is 6. The fraction of sp³-hybridized carbons (Fsp3) is 0.273. The third kappa shape index (κ3) is 4.40. The lowest BCUT2D eigenvalue weighted by Gasteiger charge is -2.36. The van der Waals surface area contributed by atoms with Crippen LogP contribution in [0.15, 0.2) is 55.0 Å². The van der Waals surface area contributed by atoms with Crippen molar-refractivity contribution >= 4 is 17.7 Å². The second kappa shape index (κ2) is 8.54. The minimum Gasteiger partial charge on any atom is -0.381 e. The molecule has 1 amide bonds. The van der Waals surface area contributed by atoms with E-state index in [0.717, 1.165) is 28.8 Å². The third-order valence-electron chi connectivity index (χ3n) is 5.56. The van der Waals surface area contributed by atoms with Crippen LogP contribution in [0.3, 0.4) is 0 Å². The molecule has 0 spiro atoms. The summed E-state index contributed by atoms with van der Waals surface area (Å²) in [4.78, 5) is 25.0. The molecule has 4 rings (SSSR count). The molecule has 1 fully saturated rings. The van der Waals surface area contributed by atoms with Gasteiger partial charge >= 0.3 is 6.18 Å². The van der Waals surface area contributed by atoms with Crippen LogP contribution in [0.25, 0.3) is 11.1 Å². The number of nitrogens with zero attached hydrogens (tertiary/aromatic N) is 3. The molecule has 0 atom stereocenters. The van der Waals surface area contributed by atoms with Gasteiger partial charge in [-0.25, -0.2) is 15.0 Å². The average Bonchev–Trinajstić information content (AvgIpc) is 2.80. The van der Waals surface area contributed by atoms with Crippen molar-refractivity contribution in [2.75, 3.05) is 24.3 Å². The maximum absolute atomic E-state index is 13.3. The Morgan fingerprint density at radius 2 is 1.59 bits per heavy atom. The lowest BCUT2D eigenvalue weighted by Crippen LogP contribution is -2.45. The summed E-state index contributed by atoms with van der Waals surface area (Å²) in [7, 11) is 0. The molecule has 10 heteroatoms. The Bertz CT molecular complexity index is 1080. The molecular weight excluding hydrogens is 423 g/mol. The molecule has 0 bridgehead atoms. The number of halogens is 3. The Morgan fingerprint density at radius 3 is 2.16 bits per heavy atom. The van der Waals surface area contributed by atoms with Gasteiger partial charge in [-0.1, -0.05) is 24.3 Å². The zero-order valence-corrected chi connectivity index (χ0v) is 16.9. The van der Waals surface area contributed by atoms with E-state index in [2.05, 4.69) is 20.3 Å². The van der Waals surface area contributed by atoms with Gasteiger partial charge in [0.25, 0.3) is 0 Å². The van der Waals surface area contributed by atoms with E-state index < -0.39 is 17.2 Å². The Hall–Kier alpha value is -3.53. The number of amides is 1. The molecule has 0 unspecified atom stereocenters. The van der Waals surface area contributed by atoms with Crippen LogP contribution in [0.5, 0.6) is 0 Å². The summed E-state index contributed by atoms with van der Waals surface area (Å²) < 4.78 is 43.8. The summed E-state index contributed by atoms with van der Waals surface area (Å²) in [5.74, 6) is -0.0961. The highest BCUT2D eigenvalue weighted by Gasteiger charge is 2.42. The lowest BCUT2D eigenvalue weighted by atomic mass is 9.73. The SMILES string of the molecule is Nc1ncc(-c2ccc(C3(C(=O)Nc4ccc(C(F)(F)F)cn4)CCOCC3)cc2)cn1. The lowest BCUT2D eigenvalue weighted by molar-refractivity contribution is -0.137. The molecule has 0 aliphatic carbocycles. The number of carbonyl (C=O) groups is 1. The topological polar surface area (TPSA) is 103 Å². The molecule has 3 aromatic rings. The van der Waals surface area contributed by atoms with Gasteiger partial charge < -0.3 is 15.8 Å². The summed E-state index contributed by atoms with van der Waals surface area (Å²) in [6.07, 6.45) is 0.313. The van der Waals surface area contributed by atoms with E-state index in [1.54, 1.807) is 12.4 Å². The number of nitrogens with one attached hydrogen (secondary N) is 1. The van der Waals surface area contributed by atoms with Gasteiger partial charge in [0.15, 0.2) is 0 Å². The molecule has 1 saturated heterocycles. The standard InChI is InChI=1S/C22H20F3N5O2/c23-22(24,25)17-5-6-18(27-13-17)30-19(31)21(7-9-32-10-8-21)16-3-1-14(2-4-16)15-11-28-20(26)29-12-15/h1-6,11-13H,7-10H2,(H2,26,28,29)(H,27,30,31). The van der Waals surface area contributed by atoms with Crippen LogP contribution in [-0.4, -0.2) is 34.1 Å². The van der Waals surface area contributed by atoms with Gasteiger partial charge in [-0.05, 0) is 36.1 Å². The number of nitrogen functional groups attached to an aromatic ring is 1. The number of pyridine rings is 1. The van der Waals surface area contributed by atoms with Crippen molar-refractivity contribution in [3.63, 3.8) is 0 Å². The number of nitrogens with two attached hydrogens (primary N) is 1. The molecule has 3 N–H and O–H groups in total. The largest absolute Gasteiger partial charge is 0.417 e. The van der Waals surface area contributed by atoms with Crippen molar-refractivity contribution < 1.29 is 22.7 Å². The average molecular weight is 443 g/mol. The van der Waals surface area contributed by atoms with Gasteiger partial charge in [-0.2, -0.15) is 13.2 Å². The summed E-state index contributed by atoms with van der Waals surface area (Å²) in [6, 6.07) is 9.49. The predicted molar refractivity (Wildman–Crippen MR) is 111 cm³/mol. The highest BCUT2D eigenvalue weighted by molar-refractivity contribution is 5.98. The van der Waals surface area contributed by atoms with Crippen LogP contribution in [0.2, 0.25) is 0 Å². The van der Waals surface area contributed by atoms with Crippen molar-refractivity contribution in [3.05, 3.63) is 66.1 Å². The Labute approximate surface area is 181 Å². The first kappa shape index (κ1) is 21.7. The fourth-order valence-corrected chi connectivity index (χ4v) is 3.71. The quantitative estimate of drug-likeness (QED) is 0.635. The summed E-state index contributed by atoms with van der Waals surface area (Å²) >= 11 is 0. The first-order valence-corrected chi connectivity index (χ1v) is 9.89. The zero-order valence-electron chi connectivity index (χ0n) is 16.9. The molecule has 166 valence electrons. The minimum absolute atomic E-state index is 0.0597. The smallest absolute Gasteiger partial charge is 0.381 e. The monoisotopic (exact) mass is 443 g/mol. The van der Waals surface area contributed by atoms with Crippen LogP contribution in [0.1, 0.15) is 24.0 Å². The molecule has 2 aromatic heterocycles. The van der Waals surface area contributed by atoms with E-state index in [-0.39, 0.29) is 17.7 Å². The first-order valence-electron chi connectivity index (χ1n) is 9.89. The van der Waals surface area contributed by atoms with E-state index in [9.17, 15) is 18.0 Å². The zero-order chi connectivity index (χ0) is 22.8. The number of rotatable bonds is 4.